The number of anilines is 1. The molecule has 2 fully saturated rings. The Labute approximate surface area is 93.2 Å². The molecule has 5 nitrogen and oxygen atoms in total. The minimum Gasteiger partial charge on any atom is -0.365 e. The monoisotopic (exact) mass is 219 g/mol. The topological polar surface area (TPSA) is 59.3 Å². The fourth-order valence-corrected chi connectivity index (χ4v) is 2.51. The fourth-order valence-electron chi connectivity index (χ4n) is 2.51. The molecule has 2 aliphatic rings. The van der Waals surface area contributed by atoms with E-state index < -0.39 is 0 Å². The number of rotatable bonds is 2. The SMILES string of the molecule is O=[N+]([O-])c1cnccc1N1CCC2(CC2)C1. The molecule has 0 unspecified atom stereocenters. The van der Waals surface area contributed by atoms with E-state index in [0.29, 0.717) is 5.41 Å². The lowest BCUT2D eigenvalue weighted by atomic mass is 10.1. The highest BCUT2D eigenvalue weighted by molar-refractivity contribution is 5.62. The van der Waals surface area contributed by atoms with Crippen LogP contribution < -0.4 is 4.90 Å². The zero-order valence-corrected chi connectivity index (χ0v) is 8.93. The van der Waals surface area contributed by atoms with Crippen molar-refractivity contribution in [1.82, 2.24) is 4.98 Å². The van der Waals surface area contributed by atoms with Crippen LogP contribution in [0.5, 0.6) is 0 Å². The van der Waals surface area contributed by atoms with Crippen LogP contribution in [-0.4, -0.2) is 23.0 Å². The van der Waals surface area contributed by atoms with Crippen LogP contribution in [0.4, 0.5) is 11.4 Å². The standard InChI is InChI=1S/C11H13N3O2/c15-14(16)10-7-12-5-1-9(10)13-6-4-11(8-13)2-3-11/h1,5,7H,2-4,6,8H2. The molecule has 0 radical (unpaired) electrons. The Morgan fingerprint density at radius 3 is 2.88 bits per heavy atom. The number of nitro groups is 1. The molecule has 84 valence electrons. The van der Waals surface area contributed by atoms with Crippen molar-refractivity contribution in [3.8, 4) is 0 Å². The molecular weight excluding hydrogens is 206 g/mol. The van der Waals surface area contributed by atoms with Crippen LogP contribution >= 0.6 is 0 Å². The highest BCUT2D eigenvalue weighted by Crippen LogP contribution is 2.53. The maximum atomic E-state index is 10.9. The van der Waals surface area contributed by atoms with Crippen molar-refractivity contribution in [3.63, 3.8) is 0 Å². The maximum absolute atomic E-state index is 10.9. The quantitative estimate of drug-likeness (QED) is 0.563. The number of hydrogen-bond acceptors (Lipinski definition) is 4. The maximum Gasteiger partial charge on any atom is 0.310 e. The lowest BCUT2D eigenvalue weighted by Gasteiger charge is -2.17. The molecule has 3 rings (SSSR count). The van der Waals surface area contributed by atoms with Crippen LogP contribution in [0.3, 0.4) is 0 Å². The van der Waals surface area contributed by atoms with Crippen LogP contribution in [0.15, 0.2) is 18.5 Å². The second kappa shape index (κ2) is 3.17. The van der Waals surface area contributed by atoms with Gasteiger partial charge in [0.2, 0.25) is 0 Å². The molecule has 1 spiro atoms. The summed E-state index contributed by atoms with van der Waals surface area (Å²) in [6.07, 6.45) is 6.70. The summed E-state index contributed by atoms with van der Waals surface area (Å²) in [6, 6.07) is 1.75. The Morgan fingerprint density at radius 1 is 1.44 bits per heavy atom. The Bertz CT molecular complexity index is 443. The van der Waals surface area contributed by atoms with E-state index >= 15 is 0 Å². The molecule has 0 bridgehead atoms. The van der Waals surface area contributed by atoms with E-state index in [1.807, 2.05) is 0 Å². The van der Waals surface area contributed by atoms with Crippen molar-refractivity contribution in [2.75, 3.05) is 18.0 Å². The van der Waals surface area contributed by atoms with Crippen LogP contribution in [0.2, 0.25) is 0 Å². The van der Waals surface area contributed by atoms with Crippen molar-refractivity contribution in [2.24, 2.45) is 5.41 Å². The molecule has 1 aliphatic heterocycles. The van der Waals surface area contributed by atoms with Gasteiger partial charge in [0.15, 0.2) is 0 Å². The molecule has 2 heterocycles. The highest BCUT2D eigenvalue weighted by Gasteiger charge is 2.48. The van der Waals surface area contributed by atoms with Gasteiger partial charge in [-0.1, -0.05) is 0 Å². The summed E-state index contributed by atoms with van der Waals surface area (Å²) in [5.41, 5.74) is 1.33. The molecule has 0 N–H and O–H groups in total. The van der Waals surface area contributed by atoms with E-state index in [1.165, 1.54) is 25.5 Å². The summed E-state index contributed by atoms with van der Waals surface area (Å²) >= 11 is 0. The molecule has 1 aromatic heterocycles. The van der Waals surface area contributed by atoms with Gasteiger partial charge in [0, 0.05) is 19.3 Å². The minimum absolute atomic E-state index is 0.125. The van der Waals surface area contributed by atoms with Crippen molar-refractivity contribution in [1.29, 1.82) is 0 Å². The van der Waals surface area contributed by atoms with Crippen molar-refractivity contribution in [2.45, 2.75) is 19.3 Å². The second-order valence-corrected chi connectivity index (χ2v) is 4.79. The average Bonchev–Trinajstić information content (AvgIpc) is 2.89. The van der Waals surface area contributed by atoms with Gasteiger partial charge in [-0.15, -0.1) is 0 Å². The van der Waals surface area contributed by atoms with Gasteiger partial charge in [0.25, 0.3) is 0 Å². The normalized spacial score (nSPS) is 21.4. The van der Waals surface area contributed by atoms with Crippen molar-refractivity contribution >= 4 is 11.4 Å². The molecule has 1 saturated carbocycles. The predicted octanol–water partition coefficient (Wildman–Crippen LogP) is 1.98. The Balaban J connectivity index is 1.91. The predicted molar refractivity (Wildman–Crippen MR) is 59.4 cm³/mol. The third-order valence-corrected chi connectivity index (χ3v) is 3.71. The molecule has 1 saturated heterocycles. The third kappa shape index (κ3) is 1.43. The first kappa shape index (κ1) is 9.57. The number of hydrogen-bond donors (Lipinski definition) is 0. The average molecular weight is 219 g/mol. The van der Waals surface area contributed by atoms with Crippen LogP contribution in [0.1, 0.15) is 19.3 Å². The van der Waals surface area contributed by atoms with E-state index in [4.69, 9.17) is 0 Å². The Morgan fingerprint density at radius 2 is 2.25 bits per heavy atom. The smallest absolute Gasteiger partial charge is 0.310 e. The van der Waals surface area contributed by atoms with Gasteiger partial charge in [-0.2, -0.15) is 0 Å². The second-order valence-electron chi connectivity index (χ2n) is 4.79. The first-order chi connectivity index (χ1) is 7.70. The molecule has 0 atom stereocenters. The minimum atomic E-state index is -0.347. The van der Waals surface area contributed by atoms with Crippen molar-refractivity contribution in [3.05, 3.63) is 28.6 Å². The van der Waals surface area contributed by atoms with Gasteiger partial charge >= 0.3 is 5.69 Å². The number of nitrogens with zero attached hydrogens (tertiary/aromatic N) is 3. The summed E-state index contributed by atoms with van der Waals surface area (Å²) in [5.74, 6) is 0. The van der Waals surface area contributed by atoms with E-state index in [9.17, 15) is 10.1 Å². The highest BCUT2D eigenvalue weighted by atomic mass is 16.6. The summed E-state index contributed by atoms with van der Waals surface area (Å²) in [5, 5.41) is 10.9. The van der Waals surface area contributed by atoms with E-state index in [0.717, 1.165) is 18.8 Å². The number of aromatic nitrogens is 1. The van der Waals surface area contributed by atoms with Crippen LogP contribution in [0.25, 0.3) is 0 Å². The van der Waals surface area contributed by atoms with Crippen LogP contribution in [0, 0.1) is 15.5 Å². The van der Waals surface area contributed by atoms with Crippen molar-refractivity contribution < 1.29 is 4.92 Å². The lowest BCUT2D eigenvalue weighted by molar-refractivity contribution is -0.384. The van der Waals surface area contributed by atoms with Gasteiger partial charge in [-0.3, -0.25) is 15.1 Å². The van der Waals surface area contributed by atoms with Gasteiger partial charge in [0.1, 0.15) is 11.9 Å². The largest absolute Gasteiger partial charge is 0.365 e. The van der Waals surface area contributed by atoms with Gasteiger partial charge < -0.3 is 4.90 Å². The molecular formula is C11H13N3O2. The van der Waals surface area contributed by atoms with Gasteiger partial charge in [0.05, 0.1) is 4.92 Å². The van der Waals surface area contributed by atoms with Gasteiger partial charge in [-0.05, 0) is 30.7 Å². The number of pyridine rings is 1. The molecule has 1 aliphatic carbocycles. The summed E-state index contributed by atoms with van der Waals surface area (Å²) in [7, 11) is 0. The van der Waals surface area contributed by atoms with Gasteiger partial charge in [-0.25, -0.2) is 0 Å². The first-order valence-corrected chi connectivity index (χ1v) is 5.54. The first-order valence-electron chi connectivity index (χ1n) is 5.54. The molecule has 0 aromatic carbocycles. The summed E-state index contributed by atoms with van der Waals surface area (Å²) in [6.45, 7) is 1.91. The molecule has 1 aromatic rings. The molecule has 16 heavy (non-hydrogen) atoms. The molecule has 0 amide bonds. The molecule has 5 heteroatoms. The summed E-state index contributed by atoms with van der Waals surface area (Å²) < 4.78 is 0. The third-order valence-electron chi connectivity index (χ3n) is 3.71. The Kier molecular flexibility index (Phi) is 1.89. The van der Waals surface area contributed by atoms with Crippen LogP contribution in [-0.2, 0) is 0 Å². The Hall–Kier alpha value is -1.65. The lowest BCUT2D eigenvalue weighted by Crippen LogP contribution is -2.21. The van der Waals surface area contributed by atoms with E-state index in [-0.39, 0.29) is 10.6 Å². The zero-order valence-electron chi connectivity index (χ0n) is 8.93. The fraction of sp³-hybridized carbons (Fsp3) is 0.545. The zero-order chi connectivity index (χ0) is 11.2. The van der Waals surface area contributed by atoms with E-state index in [2.05, 4.69) is 9.88 Å². The summed E-state index contributed by atoms with van der Waals surface area (Å²) in [4.78, 5) is 16.5. The van der Waals surface area contributed by atoms with E-state index in [1.54, 1.807) is 12.3 Å².